The zero-order valence-corrected chi connectivity index (χ0v) is 15.6. The van der Waals surface area contributed by atoms with Gasteiger partial charge in [0.05, 0.1) is 12.3 Å². The number of benzene rings is 2. The number of fused-ring (bicyclic) bond motifs is 1. The predicted octanol–water partition coefficient (Wildman–Crippen LogP) is 3.93. The second-order valence-electron chi connectivity index (χ2n) is 6.19. The molecule has 3 rings (SSSR count). The summed E-state index contributed by atoms with van der Waals surface area (Å²) in [5, 5.41) is 0. The monoisotopic (exact) mass is 365 g/mol. The van der Waals surface area contributed by atoms with E-state index < -0.39 is 5.97 Å². The highest BCUT2D eigenvalue weighted by molar-refractivity contribution is 6.35. The summed E-state index contributed by atoms with van der Waals surface area (Å²) in [7, 11) is 0. The SMILES string of the molecule is CCCN1C(=O)/C(=C\c2ccc(OCC(=O)OCC)cc2)c2ccccc21. The van der Waals surface area contributed by atoms with Crippen molar-refractivity contribution in [3.63, 3.8) is 0 Å². The Morgan fingerprint density at radius 2 is 1.81 bits per heavy atom. The van der Waals surface area contributed by atoms with Gasteiger partial charge in [-0.15, -0.1) is 0 Å². The lowest BCUT2D eigenvalue weighted by Crippen LogP contribution is -2.26. The van der Waals surface area contributed by atoms with Crippen LogP contribution in [0.15, 0.2) is 48.5 Å². The Morgan fingerprint density at radius 1 is 1.07 bits per heavy atom. The molecule has 140 valence electrons. The van der Waals surface area contributed by atoms with Gasteiger partial charge in [-0.05, 0) is 43.2 Å². The van der Waals surface area contributed by atoms with Gasteiger partial charge in [0.25, 0.3) is 5.91 Å². The van der Waals surface area contributed by atoms with Gasteiger partial charge in [0, 0.05) is 17.7 Å². The summed E-state index contributed by atoms with van der Waals surface area (Å²) in [6.45, 7) is 4.73. The molecule has 0 aliphatic carbocycles. The molecule has 5 nitrogen and oxygen atoms in total. The Balaban J connectivity index is 1.78. The van der Waals surface area contributed by atoms with Crippen LogP contribution >= 0.6 is 0 Å². The van der Waals surface area contributed by atoms with E-state index in [1.165, 1.54) is 0 Å². The van der Waals surface area contributed by atoms with E-state index in [0.29, 0.717) is 24.5 Å². The third-order valence-electron chi connectivity index (χ3n) is 4.26. The molecular formula is C22H23NO4. The Morgan fingerprint density at radius 3 is 2.52 bits per heavy atom. The molecule has 0 atom stereocenters. The molecule has 1 heterocycles. The molecule has 5 heteroatoms. The highest BCUT2D eigenvalue weighted by Crippen LogP contribution is 2.37. The fourth-order valence-electron chi connectivity index (χ4n) is 3.06. The Kier molecular flexibility index (Phi) is 5.91. The maximum atomic E-state index is 12.8. The van der Waals surface area contributed by atoms with E-state index in [1.807, 2.05) is 47.4 Å². The summed E-state index contributed by atoms with van der Waals surface area (Å²) in [5.74, 6) is 0.213. The quantitative estimate of drug-likeness (QED) is 0.551. The second-order valence-corrected chi connectivity index (χ2v) is 6.19. The average Bonchev–Trinajstić information content (AvgIpc) is 2.94. The molecule has 0 radical (unpaired) electrons. The van der Waals surface area contributed by atoms with Gasteiger partial charge in [0.15, 0.2) is 6.61 Å². The Labute approximate surface area is 159 Å². The minimum atomic E-state index is -0.395. The van der Waals surface area contributed by atoms with Gasteiger partial charge >= 0.3 is 5.97 Å². The number of nitrogens with zero attached hydrogens (tertiary/aromatic N) is 1. The molecule has 0 unspecified atom stereocenters. The highest BCUT2D eigenvalue weighted by Gasteiger charge is 2.31. The summed E-state index contributed by atoms with van der Waals surface area (Å²) >= 11 is 0. The number of para-hydroxylation sites is 1. The molecule has 27 heavy (non-hydrogen) atoms. The first-order chi connectivity index (χ1) is 13.1. The van der Waals surface area contributed by atoms with Crippen molar-refractivity contribution in [1.29, 1.82) is 0 Å². The largest absolute Gasteiger partial charge is 0.482 e. The van der Waals surface area contributed by atoms with E-state index in [2.05, 4.69) is 6.92 Å². The zero-order valence-electron chi connectivity index (χ0n) is 15.6. The van der Waals surface area contributed by atoms with Crippen LogP contribution in [0.1, 0.15) is 31.4 Å². The standard InChI is InChI=1S/C22H23NO4/c1-3-13-23-20-8-6-5-7-18(20)19(22(23)25)14-16-9-11-17(12-10-16)27-15-21(24)26-4-2/h5-12,14H,3-4,13,15H2,1-2H3/b19-14-. The van der Waals surface area contributed by atoms with Crippen molar-refractivity contribution in [3.05, 3.63) is 59.7 Å². The first-order valence-electron chi connectivity index (χ1n) is 9.15. The third-order valence-corrected chi connectivity index (χ3v) is 4.26. The van der Waals surface area contributed by atoms with Crippen LogP contribution in [0.25, 0.3) is 11.6 Å². The van der Waals surface area contributed by atoms with Crippen molar-refractivity contribution in [2.45, 2.75) is 20.3 Å². The van der Waals surface area contributed by atoms with E-state index in [4.69, 9.17) is 9.47 Å². The lowest BCUT2D eigenvalue weighted by molar-refractivity contribution is -0.145. The average molecular weight is 365 g/mol. The van der Waals surface area contributed by atoms with Crippen LogP contribution < -0.4 is 9.64 Å². The van der Waals surface area contributed by atoms with E-state index >= 15 is 0 Å². The van der Waals surface area contributed by atoms with Crippen molar-refractivity contribution < 1.29 is 19.1 Å². The smallest absolute Gasteiger partial charge is 0.344 e. The Bertz CT molecular complexity index is 855. The van der Waals surface area contributed by atoms with Crippen LogP contribution in [0.5, 0.6) is 5.75 Å². The van der Waals surface area contributed by atoms with E-state index in [9.17, 15) is 9.59 Å². The number of rotatable bonds is 7. The molecule has 0 spiro atoms. The summed E-state index contributed by atoms with van der Waals surface area (Å²) in [5.41, 5.74) is 3.51. The van der Waals surface area contributed by atoms with Crippen LogP contribution in [-0.4, -0.2) is 31.6 Å². The summed E-state index contributed by atoms with van der Waals surface area (Å²) in [4.78, 5) is 26.0. The molecule has 0 saturated heterocycles. The van der Waals surface area contributed by atoms with Gasteiger partial charge < -0.3 is 14.4 Å². The molecule has 1 amide bonds. The number of hydrogen-bond donors (Lipinski definition) is 0. The number of amides is 1. The number of ether oxygens (including phenoxy) is 2. The maximum absolute atomic E-state index is 12.8. The van der Waals surface area contributed by atoms with Gasteiger partial charge in [-0.1, -0.05) is 37.3 Å². The lowest BCUT2D eigenvalue weighted by Gasteiger charge is -2.15. The number of hydrogen-bond acceptors (Lipinski definition) is 4. The molecule has 1 aliphatic rings. The maximum Gasteiger partial charge on any atom is 0.344 e. The van der Waals surface area contributed by atoms with Crippen molar-refractivity contribution in [1.82, 2.24) is 0 Å². The van der Waals surface area contributed by atoms with Crippen molar-refractivity contribution in [3.8, 4) is 5.75 Å². The molecule has 2 aromatic rings. The highest BCUT2D eigenvalue weighted by atomic mass is 16.6. The van der Waals surface area contributed by atoms with Crippen LogP contribution in [0.4, 0.5) is 5.69 Å². The normalized spacial score (nSPS) is 14.4. The molecule has 0 aromatic heterocycles. The van der Waals surface area contributed by atoms with Crippen molar-refractivity contribution >= 4 is 29.2 Å². The van der Waals surface area contributed by atoms with Gasteiger partial charge in [-0.2, -0.15) is 0 Å². The van der Waals surface area contributed by atoms with Crippen LogP contribution in [-0.2, 0) is 14.3 Å². The van der Waals surface area contributed by atoms with E-state index in [1.54, 1.807) is 19.1 Å². The summed E-state index contributed by atoms with van der Waals surface area (Å²) in [6.07, 6.45) is 2.80. The summed E-state index contributed by atoms with van der Waals surface area (Å²) < 4.78 is 10.2. The predicted molar refractivity (Wildman–Crippen MR) is 106 cm³/mol. The second kappa shape index (κ2) is 8.54. The van der Waals surface area contributed by atoms with Crippen molar-refractivity contribution in [2.24, 2.45) is 0 Å². The molecule has 1 aliphatic heterocycles. The van der Waals surface area contributed by atoms with E-state index in [0.717, 1.165) is 23.2 Å². The van der Waals surface area contributed by atoms with Crippen molar-refractivity contribution in [2.75, 3.05) is 24.7 Å². The molecule has 0 N–H and O–H groups in total. The minimum absolute atomic E-state index is 0.0284. The van der Waals surface area contributed by atoms with Gasteiger partial charge in [0.1, 0.15) is 5.75 Å². The number of anilines is 1. The zero-order chi connectivity index (χ0) is 19.2. The fourth-order valence-corrected chi connectivity index (χ4v) is 3.06. The molecule has 0 saturated carbocycles. The van der Waals surface area contributed by atoms with E-state index in [-0.39, 0.29) is 12.5 Å². The van der Waals surface area contributed by atoms with Gasteiger partial charge in [-0.25, -0.2) is 4.79 Å². The minimum Gasteiger partial charge on any atom is -0.482 e. The molecule has 0 bridgehead atoms. The molecular weight excluding hydrogens is 342 g/mol. The summed E-state index contributed by atoms with van der Waals surface area (Å²) in [6, 6.07) is 15.1. The van der Waals surface area contributed by atoms with Crippen LogP contribution in [0.2, 0.25) is 0 Å². The fraction of sp³-hybridized carbons (Fsp3) is 0.273. The van der Waals surface area contributed by atoms with Gasteiger partial charge in [-0.3, -0.25) is 4.79 Å². The number of carbonyl (C=O) groups excluding carboxylic acids is 2. The molecule has 2 aromatic carbocycles. The lowest BCUT2D eigenvalue weighted by atomic mass is 10.0. The van der Waals surface area contributed by atoms with Crippen LogP contribution in [0, 0.1) is 0 Å². The number of carbonyl (C=O) groups is 2. The van der Waals surface area contributed by atoms with Gasteiger partial charge in [0.2, 0.25) is 0 Å². The van der Waals surface area contributed by atoms with Crippen LogP contribution in [0.3, 0.4) is 0 Å². The first kappa shape index (κ1) is 18.7. The third kappa shape index (κ3) is 4.19. The molecule has 0 fully saturated rings. The Hall–Kier alpha value is -3.08. The topological polar surface area (TPSA) is 55.8 Å². The number of esters is 1. The first-order valence-corrected chi connectivity index (χ1v) is 9.15.